The van der Waals surface area contributed by atoms with Crippen molar-refractivity contribution in [1.29, 1.82) is 0 Å². The van der Waals surface area contributed by atoms with Crippen LogP contribution in [0, 0.1) is 0 Å². The number of imide groups is 1. The average Bonchev–Trinajstić information content (AvgIpc) is 2.83. The maximum Gasteiger partial charge on any atom is 0.266 e. The Morgan fingerprint density at radius 1 is 1.00 bits per heavy atom. The first-order valence-corrected chi connectivity index (χ1v) is 7.59. The smallest absolute Gasteiger partial charge is 0.266 e. The van der Waals surface area contributed by atoms with Gasteiger partial charge in [-0.05, 0) is 24.3 Å². The lowest BCUT2D eigenvalue weighted by atomic mass is 10.1. The predicted octanol–water partition coefficient (Wildman–Crippen LogP) is 2.27. The van der Waals surface area contributed by atoms with E-state index in [1.54, 1.807) is 42.5 Å². The number of benzene rings is 2. The van der Waals surface area contributed by atoms with Crippen LogP contribution in [-0.2, 0) is 4.74 Å². The maximum absolute atomic E-state index is 12.5. The molecule has 1 saturated heterocycles. The van der Waals surface area contributed by atoms with Crippen molar-refractivity contribution in [3.05, 3.63) is 53.6 Å². The number of hydrogen-bond acceptors (Lipinski definition) is 5. The second kappa shape index (κ2) is 5.65. The zero-order valence-corrected chi connectivity index (χ0v) is 13.0. The second-order valence-corrected chi connectivity index (χ2v) is 5.60. The summed E-state index contributed by atoms with van der Waals surface area (Å²) in [5.41, 5.74) is 1.28. The van der Waals surface area contributed by atoms with Crippen molar-refractivity contribution < 1.29 is 23.8 Å². The SMILES string of the molecule is COc1cc(N2C(=O)c3ccccc3C2=O)ccc1OC1COC1. The fraction of sp³-hybridized carbons (Fsp3) is 0.222. The first-order chi connectivity index (χ1) is 11.7. The summed E-state index contributed by atoms with van der Waals surface area (Å²) in [6.07, 6.45) is 0.00375. The molecular formula is C18H15NO5. The van der Waals surface area contributed by atoms with Crippen molar-refractivity contribution in [3.8, 4) is 11.5 Å². The quantitative estimate of drug-likeness (QED) is 0.807. The third kappa shape index (κ3) is 2.23. The molecule has 0 bridgehead atoms. The Morgan fingerprint density at radius 2 is 1.67 bits per heavy atom. The summed E-state index contributed by atoms with van der Waals surface area (Å²) in [4.78, 5) is 26.2. The van der Waals surface area contributed by atoms with Crippen LogP contribution in [0.25, 0.3) is 0 Å². The van der Waals surface area contributed by atoms with Crippen molar-refractivity contribution in [2.75, 3.05) is 25.2 Å². The lowest BCUT2D eigenvalue weighted by Gasteiger charge is -2.27. The molecule has 1 fully saturated rings. The number of hydrogen-bond donors (Lipinski definition) is 0. The molecule has 2 heterocycles. The van der Waals surface area contributed by atoms with Gasteiger partial charge in [0, 0.05) is 6.07 Å². The molecule has 0 atom stereocenters. The van der Waals surface area contributed by atoms with Gasteiger partial charge in [-0.3, -0.25) is 9.59 Å². The van der Waals surface area contributed by atoms with E-state index in [0.717, 1.165) is 4.90 Å². The number of fused-ring (bicyclic) bond motifs is 1. The van der Waals surface area contributed by atoms with Crippen molar-refractivity contribution in [2.45, 2.75) is 6.10 Å². The number of amides is 2. The van der Waals surface area contributed by atoms with Gasteiger partial charge in [0.15, 0.2) is 11.5 Å². The van der Waals surface area contributed by atoms with Gasteiger partial charge in [-0.15, -0.1) is 0 Å². The lowest BCUT2D eigenvalue weighted by Crippen LogP contribution is -2.38. The van der Waals surface area contributed by atoms with Gasteiger partial charge < -0.3 is 14.2 Å². The number of carbonyl (C=O) groups is 2. The molecule has 0 radical (unpaired) electrons. The third-order valence-corrected chi connectivity index (χ3v) is 4.10. The van der Waals surface area contributed by atoms with Gasteiger partial charge in [0.1, 0.15) is 6.10 Å². The largest absolute Gasteiger partial charge is 0.493 e. The molecule has 2 aliphatic heterocycles. The highest BCUT2D eigenvalue weighted by Crippen LogP contribution is 2.36. The normalized spacial score (nSPS) is 16.8. The molecule has 0 aromatic heterocycles. The number of carbonyl (C=O) groups excluding carboxylic acids is 2. The number of nitrogens with zero attached hydrogens (tertiary/aromatic N) is 1. The summed E-state index contributed by atoms with van der Waals surface area (Å²) in [5.74, 6) is 0.361. The number of rotatable bonds is 4. The van der Waals surface area contributed by atoms with Gasteiger partial charge in [-0.25, -0.2) is 4.90 Å². The van der Waals surface area contributed by atoms with Gasteiger partial charge in [0.05, 0.1) is 37.1 Å². The monoisotopic (exact) mass is 325 g/mol. The highest BCUT2D eigenvalue weighted by Gasteiger charge is 2.36. The van der Waals surface area contributed by atoms with E-state index in [1.807, 2.05) is 0 Å². The molecule has 0 spiro atoms. The molecule has 0 unspecified atom stereocenters. The predicted molar refractivity (Wildman–Crippen MR) is 85.8 cm³/mol. The van der Waals surface area contributed by atoms with Crippen LogP contribution in [0.4, 0.5) is 5.69 Å². The standard InChI is InChI=1S/C18H15NO5/c1-22-16-8-11(6-7-15(16)24-12-9-23-10-12)19-17(20)13-4-2-3-5-14(13)18(19)21/h2-8,12H,9-10H2,1H3. The van der Waals surface area contributed by atoms with E-state index in [0.29, 0.717) is 41.5 Å². The van der Waals surface area contributed by atoms with Crippen molar-refractivity contribution >= 4 is 17.5 Å². The molecule has 6 heteroatoms. The summed E-state index contributed by atoms with van der Waals surface area (Å²) in [7, 11) is 1.52. The van der Waals surface area contributed by atoms with E-state index in [1.165, 1.54) is 7.11 Å². The Morgan fingerprint density at radius 3 is 2.21 bits per heavy atom. The zero-order chi connectivity index (χ0) is 16.7. The van der Waals surface area contributed by atoms with Gasteiger partial charge in [-0.1, -0.05) is 12.1 Å². The molecule has 0 aliphatic carbocycles. The van der Waals surface area contributed by atoms with Crippen molar-refractivity contribution in [3.63, 3.8) is 0 Å². The van der Waals surface area contributed by atoms with Gasteiger partial charge in [-0.2, -0.15) is 0 Å². The third-order valence-electron chi connectivity index (χ3n) is 4.10. The van der Waals surface area contributed by atoms with Crippen LogP contribution >= 0.6 is 0 Å². The Labute approximate surface area is 138 Å². The highest BCUT2D eigenvalue weighted by molar-refractivity contribution is 6.34. The summed E-state index contributed by atoms with van der Waals surface area (Å²) >= 11 is 0. The van der Waals surface area contributed by atoms with Gasteiger partial charge in [0.25, 0.3) is 11.8 Å². The fourth-order valence-corrected chi connectivity index (χ4v) is 2.78. The minimum atomic E-state index is -0.335. The van der Waals surface area contributed by atoms with E-state index >= 15 is 0 Å². The molecular weight excluding hydrogens is 310 g/mol. The van der Waals surface area contributed by atoms with E-state index < -0.39 is 0 Å². The Balaban J connectivity index is 1.67. The molecule has 0 saturated carbocycles. The van der Waals surface area contributed by atoms with Crippen LogP contribution < -0.4 is 14.4 Å². The first kappa shape index (κ1) is 14.7. The van der Waals surface area contributed by atoms with Crippen LogP contribution in [0.3, 0.4) is 0 Å². The van der Waals surface area contributed by atoms with Crippen LogP contribution in [0.1, 0.15) is 20.7 Å². The van der Waals surface area contributed by atoms with E-state index in [-0.39, 0.29) is 17.9 Å². The number of methoxy groups -OCH3 is 1. The molecule has 2 aliphatic rings. The minimum Gasteiger partial charge on any atom is -0.493 e. The summed E-state index contributed by atoms with van der Waals surface area (Å²) in [5, 5.41) is 0. The summed E-state index contributed by atoms with van der Waals surface area (Å²) in [6.45, 7) is 1.09. The Bertz CT molecular complexity index is 793. The first-order valence-electron chi connectivity index (χ1n) is 7.59. The Kier molecular flexibility index (Phi) is 3.46. The maximum atomic E-state index is 12.5. The van der Waals surface area contributed by atoms with Crippen molar-refractivity contribution in [1.82, 2.24) is 0 Å². The fourth-order valence-electron chi connectivity index (χ4n) is 2.78. The van der Waals surface area contributed by atoms with Crippen LogP contribution in [0.5, 0.6) is 11.5 Å². The van der Waals surface area contributed by atoms with E-state index in [9.17, 15) is 9.59 Å². The van der Waals surface area contributed by atoms with Crippen LogP contribution in [-0.4, -0.2) is 38.2 Å². The second-order valence-electron chi connectivity index (χ2n) is 5.60. The molecule has 24 heavy (non-hydrogen) atoms. The van der Waals surface area contributed by atoms with Crippen LogP contribution in [0.15, 0.2) is 42.5 Å². The van der Waals surface area contributed by atoms with E-state index in [4.69, 9.17) is 14.2 Å². The molecule has 0 N–H and O–H groups in total. The molecule has 2 aromatic rings. The minimum absolute atomic E-state index is 0.00375. The Hall–Kier alpha value is -2.86. The average molecular weight is 325 g/mol. The molecule has 6 nitrogen and oxygen atoms in total. The zero-order valence-electron chi connectivity index (χ0n) is 13.0. The van der Waals surface area contributed by atoms with Crippen LogP contribution in [0.2, 0.25) is 0 Å². The molecule has 2 aromatic carbocycles. The topological polar surface area (TPSA) is 65.1 Å². The molecule has 2 amide bonds. The highest BCUT2D eigenvalue weighted by atomic mass is 16.6. The lowest BCUT2D eigenvalue weighted by molar-refractivity contribution is -0.0803. The van der Waals surface area contributed by atoms with Crippen molar-refractivity contribution in [2.24, 2.45) is 0 Å². The number of anilines is 1. The number of ether oxygens (including phenoxy) is 3. The molecule has 4 rings (SSSR count). The van der Waals surface area contributed by atoms with Gasteiger partial charge >= 0.3 is 0 Å². The molecule has 122 valence electrons. The van der Waals surface area contributed by atoms with Gasteiger partial charge in [0.2, 0.25) is 0 Å². The van der Waals surface area contributed by atoms with E-state index in [2.05, 4.69) is 0 Å². The summed E-state index contributed by atoms with van der Waals surface area (Å²) < 4.78 is 16.2. The summed E-state index contributed by atoms with van der Waals surface area (Å²) in [6, 6.07) is 11.8.